The summed E-state index contributed by atoms with van der Waals surface area (Å²) in [5.41, 5.74) is 1.16. The number of carbonyl (C=O) groups excluding carboxylic acids is 1. The highest BCUT2D eigenvalue weighted by molar-refractivity contribution is 5.80. The second-order valence-corrected chi connectivity index (χ2v) is 7.57. The van der Waals surface area contributed by atoms with Gasteiger partial charge in [0.2, 0.25) is 5.91 Å². The first-order valence-corrected chi connectivity index (χ1v) is 9.14. The van der Waals surface area contributed by atoms with E-state index in [9.17, 15) is 4.79 Å². The minimum absolute atomic E-state index is 0.0299. The predicted octanol–water partition coefficient (Wildman–Crippen LogP) is 1.39. The van der Waals surface area contributed by atoms with Crippen molar-refractivity contribution in [1.82, 2.24) is 20.0 Å². The molecule has 0 aromatic carbocycles. The van der Waals surface area contributed by atoms with E-state index >= 15 is 0 Å². The Morgan fingerprint density at radius 2 is 2.12 bits per heavy atom. The molecule has 2 aliphatic heterocycles. The predicted molar refractivity (Wildman–Crippen MR) is 92.7 cm³/mol. The highest BCUT2D eigenvalue weighted by Gasteiger charge is 2.38. The number of nitrogens with one attached hydrogen (secondary N) is 1. The summed E-state index contributed by atoms with van der Waals surface area (Å²) in [4.78, 5) is 15.0. The van der Waals surface area contributed by atoms with Crippen LogP contribution in [0.5, 0.6) is 0 Å². The van der Waals surface area contributed by atoms with Crippen molar-refractivity contribution in [2.45, 2.75) is 38.7 Å². The van der Waals surface area contributed by atoms with Gasteiger partial charge in [0.15, 0.2) is 0 Å². The molecule has 3 rings (SSSR count). The zero-order valence-corrected chi connectivity index (χ0v) is 15.1. The fraction of sp³-hybridized carbons (Fsp3) is 0.778. The number of piperidine rings is 1. The van der Waals surface area contributed by atoms with Crippen LogP contribution in [0.3, 0.4) is 0 Å². The first-order chi connectivity index (χ1) is 11.5. The lowest BCUT2D eigenvalue weighted by Crippen LogP contribution is -2.45. The molecule has 2 fully saturated rings. The van der Waals surface area contributed by atoms with Crippen molar-refractivity contribution in [1.29, 1.82) is 0 Å². The van der Waals surface area contributed by atoms with E-state index in [1.54, 1.807) is 0 Å². The second kappa shape index (κ2) is 7.66. The molecule has 3 heterocycles. The SMILES string of the molecule is CC(C)COC1CCN(C(=O)[C@H]2CNC[C@@H]2c2cnn(C)c2)CC1. The monoisotopic (exact) mass is 334 g/mol. The molecule has 2 atom stereocenters. The summed E-state index contributed by atoms with van der Waals surface area (Å²) in [7, 11) is 1.92. The third-order valence-corrected chi connectivity index (χ3v) is 5.10. The lowest BCUT2D eigenvalue weighted by Gasteiger charge is -2.34. The van der Waals surface area contributed by atoms with E-state index in [1.165, 1.54) is 0 Å². The Hall–Kier alpha value is -1.40. The van der Waals surface area contributed by atoms with Gasteiger partial charge in [-0.3, -0.25) is 9.48 Å². The number of rotatable bonds is 5. The Labute approximate surface area is 144 Å². The first-order valence-electron chi connectivity index (χ1n) is 9.14. The zero-order valence-electron chi connectivity index (χ0n) is 15.1. The van der Waals surface area contributed by atoms with Gasteiger partial charge in [0.05, 0.1) is 18.2 Å². The minimum Gasteiger partial charge on any atom is -0.378 e. The molecule has 24 heavy (non-hydrogen) atoms. The molecule has 1 aromatic rings. The van der Waals surface area contributed by atoms with E-state index in [1.807, 2.05) is 29.0 Å². The summed E-state index contributed by atoms with van der Waals surface area (Å²) in [5, 5.41) is 7.64. The molecule has 0 radical (unpaired) electrons. The Morgan fingerprint density at radius 1 is 1.38 bits per heavy atom. The standard InChI is InChI=1S/C18H30N4O2/c1-13(2)12-24-15-4-6-22(7-5-15)18(23)17-10-19-9-16(17)14-8-20-21(3)11-14/h8,11,13,15-17,19H,4-7,9-10,12H2,1-3H3/t16-,17+/m1/s1. The number of likely N-dealkylation sites (tertiary alicyclic amines) is 1. The van der Waals surface area contributed by atoms with Crippen LogP contribution in [-0.2, 0) is 16.6 Å². The number of nitrogens with zero attached hydrogens (tertiary/aromatic N) is 3. The Morgan fingerprint density at radius 3 is 2.75 bits per heavy atom. The summed E-state index contributed by atoms with van der Waals surface area (Å²) < 4.78 is 7.74. The minimum atomic E-state index is 0.0299. The van der Waals surface area contributed by atoms with Crippen molar-refractivity contribution in [3.8, 4) is 0 Å². The van der Waals surface area contributed by atoms with Crippen LogP contribution in [0.25, 0.3) is 0 Å². The van der Waals surface area contributed by atoms with Crippen molar-refractivity contribution < 1.29 is 9.53 Å². The van der Waals surface area contributed by atoms with Crippen molar-refractivity contribution in [3.63, 3.8) is 0 Å². The van der Waals surface area contributed by atoms with E-state index in [4.69, 9.17) is 4.74 Å². The maximum atomic E-state index is 13.0. The lowest BCUT2D eigenvalue weighted by molar-refractivity contribution is -0.138. The van der Waals surface area contributed by atoms with Crippen LogP contribution < -0.4 is 5.32 Å². The average Bonchev–Trinajstić information content (AvgIpc) is 3.21. The van der Waals surface area contributed by atoms with Gasteiger partial charge < -0.3 is 15.0 Å². The molecule has 1 N–H and O–H groups in total. The van der Waals surface area contributed by atoms with Gasteiger partial charge in [0, 0.05) is 51.9 Å². The largest absolute Gasteiger partial charge is 0.378 e. The first kappa shape index (κ1) is 17.4. The zero-order chi connectivity index (χ0) is 17.1. The number of hydrogen-bond acceptors (Lipinski definition) is 4. The molecule has 2 aliphatic rings. The third kappa shape index (κ3) is 3.98. The van der Waals surface area contributed by atoms with Gasteiger partial charge in [0.1, 0.15) is 0 Å². The second-order valence-electron chi connectivity index (χ2n) is 7.57. The number of ether oxygens (including phenoxy) is 1. The van der Waals surface area contributed by atoms with Crippen LogP contribution >= 0.6 is 0 Å². The van der Waals surface area contributed by atoms with Gasteiger partial charge in [-0.2, -0.15) is 5.10 Å². The van der Waals surface area contributed by atoms with E-state index < -0.39 is 0 Å². The number of carbonyl (C=O) groups is 1. The molecule has 0 spiro atoms. The van der Waals surface area contributed by atoms with Gasteiger partial charge in [-0.15, -0.1) is 0 Å². The molecule has 0 saturated carbocycles. The summed E-state index contributed by atoms with van der Waals surface area (Å²) in [6.45, 7) is 8.41. The van der Waals surface area contributed by atoms with Crippen LogP contribution in [0.2, 0.25) is 0 Å². The van der Waals surface area contributed by atoms with Crippen LogP contribution in [0, 0.1) is 11.8 Å². The Kier molecular flexibility index (Phi) is 5.56. The maximum Gasteiger partial charge on any atom is 0.227 e. The van der Waals surface area contributed by atoms with Crippen LogP contribution in [-0.4, -0.2) is 59.5 Å². The number of hydrogen-bond donors (Lipinski definition) is 1. The number of aryl methyl sites for hydroxylation is 1. The Bertz CT molecular complexity index is 549. The van der Waals surface area contributed by atoms with Crippen LogP contribution in [0.4, 0.5) is 0 Å². The molecule has 1 aromatic heterocycles. The van der Waals surface area contributed by atoms with Gasteiger partial charge in [-0.05, 0) is 24.3 Å². The Balaban J connectivity index is 1.55. The summed E-state index contributed by atoms with van der Waals surface area (Å²) in [5.74, 6) is 1.12. The van der Waals surface area contributed by atoms with Crippen LogP contribution in [0.15, 0.2) is 12.4 Å². The summed E-state index contributed by atoms with van der Waals surface area (Å²) >= 11 is 0. The van der Waals surface area contributed by atoms with Crippen molar-refractivity contribution in [3.05, 3.63) is 18.0 Å². The normalized spacial score (nSPS) is 25.6. The highest BCUT2D eigenvalue weighted by Crippen LogP contribution is 2.30. The van der Waals surface area contributed by atoms with Crippen LogP contribution in [0.1, 0.15) is 38.2 Å². The fourth-order valence-corrected chi connectivity index (χ4v) is 3.73. The third-order valence-electron chi connectivity index (χ3n) is 5.10. The molecule has 6 heteroatoms. The fourth-order valence-electron chi connectivity index (χ4n) is 3.73. The summed E-state index contributed by atoms with van der Waals surface area (Å²) in [6.07, 6.45) is 6.15. The van der Waals surface area contributed by atoms with Gasteiger partial charge in [0.25, 0.3) is 0 Å². The number of amides is 1. The average molecular weight is 334 g/mol. The molecule has 2 saturated heterocycles. The molecular weight excluding hydrogens is 304 g/mol. The molecule has 0 bridgehead atoms. The maximum absolute atomic E-state index is 13.0. The summed E-state index contributed by atoms with van der Waals surface area (Å²) in [6, 6.07) is 0. The molecule has 134 valence electrons. The molecule has 0 aliphatic carbocycles. The highest BCUT2D eigenvalue weighted by atomic mass is 16.5. The molecule has 0 unspecified atom stereocenters. The van der Waals surface area contributed by atoms with Crippen molar-refractivity contribution in [2.75, 3.05) is 32.8 Å². The van der Waals surface area contributed by atoms with Gasteiger partial charge in [-0.1, -0.05) is 13.8 Å². The van der Waals surface area contributed by atoms with E-state index in [-0.39, 0.29) is 17.7 Å². The topological polar surface area (TPSA) is 59.4 Å². The smallest absolute Gasteiger partial charge is 0.227 e. The van der Waals surface area contributed by atoms with E-state index in [0.717, 1.165) is 51.2 Å². The number of aromatic nitrogens is 2. The van der Waals surface area contributed by atoms with Crippen molar-refractivity contribution in [2.24, 2.45) is 18.9 Å². The quantitative estimate of drug-likeness (QED) is 0.884. The van der Waals surface area contributed by atoms with Gasteiger partial charge >= 0.3 is 0 Å². The van der Waals surface area contributed by atoms with E-state index in [0.29, 0.717) is 12.0 Å². The van der Waals surface area contributed by atoms with Gasteiger partial charge in [-0.25, -0.2) is 0 Å². The van der Waals surface area contributed by atoms with E-state index in [2.05, 4.69) is 24.3 Å². The molecule has 6 nitrogen and oxygen atoms in total. The molecular formula is C18H30N4O2. The van der Waals surface area contributed by atoms with Crippen molar-refractivity contribution >= 4 is 5.91 Å². The lowest BCUT2D eigenvalue weighted by atomic mass is 9.89. The molecule has 1 amide bonds.